The molecule has 3 heterocycles. The Morgan fingerprint density at radius 1 is 1.29 bits per heavy atom. The third-order valence-electron chi connectivity index (χ3n) is 5.90. The number of carbonyl (C=O) groups excluding carboxylic acids is 1. The van der Waals surface area contributed by atoms with Crippen molar-refractivity contribution in [2.75, 3.05) is 13.1 Å². The van der Waals surface area contributed by atoms with Gasteiger partial charge in [0, 0.05) is 55.1 Å². The van der Waals surface area contributed by atoms with Gasteiger partial charge in [-0.1, -0.05) is 19.8 Å². The highest BCUT2D eigenvalue weighted by Crippen LogP contribution is 2.27. The van der Waals surface area contributed by atoms with E-state index in [0.717, 1.165) is 69.7 Å². The van der Waals surface area contributed by atoms with Gasteiger partial charge in [0.25, 0.3) is 5.91 Å². The van der Waals surface area contributed by atoms with Crippen LogP contribution in [0.25, 0.3) is 0 Å². The van der Waals surface area contributed by atoms with Gasteiger partial charge in [0.1, 0.15) is 5.01 Å². The maximum absolute atomic E-state index is 13.3. The molecule has 1 N–H and O–H groups in total. The Kier molecular flexibility index (Phi) is 6.42. The molecule has 6 nitrogen and oxygen atoms in total. The fourth-order valence-electron chi connectivity index (χ4n) is 4.43. The highest BCUT2D eigenvalue weighted by atomic mass is 32.1. The number of aryl methyl sites for hydroxylation is 1. The van der Waals surface area contributed by atoms with E-state index in [0.29, 0.717) is 11.7 Å². The fourth-order valence-corrected chi connectivity index (χ4v) is 4.99. The van der Waals surface area contributed by atoms with Crippen molar-refractivity contribution in [3.05, 3.63) is 33.5 Å². The Bertz CT molecular complexity index is 777. The van der Waals surface area contributed by atoms with Crippen LogP contribution in [0.3, 0.4) is 0 Å². The summed E-state index contributed by atoms with van der Waals surface area (Å²) < 4.78 is 2.11. The lowest BCUT2D eigenvalue weighted by molar-refractivity contribution is 0.0753. The summed E-state index contributed by atoms with van der Waals surface area (Å²) in [6.45, 7) is 5.62. The average Bonchev–Trinajstić information content (AvgIpc) is 3.26. The number of nitrogens with one attached hydrogen (secondary N) is 1. The van der Waals surface area contributed by atoms with Gasteiger partial charge >= 0.3 is 0 Å². The van der Waals surface area contributed by atoms with Crippen LogP contribution in [-0.4, -0.2) is 44.7 Å². The molecule has 0 spiro atoms. The Morgan fingerprint density at radius 3 is 2.82 bits per heavy atom. The zero-order valence-electron chi connectivity index (χ0n) is 16.8. The maximum atomic E-state index is 13.3. The van der Waals surface area contributed by atoms with Crippen molar-refractivity contribution in [1.82, 2.24) is 25.0 Å². The minimum Gasteiger partial charge on any atom is -0.337 e. The molecule has 152 valence electrons. The topological polar surface area (TPSA) is 63.1 Å². The Labute approximate surface area is 171 Å². The zero-order chi connectivity index (χ0) is 19.3. The molecule has 2 aliphatic rings. The van der Waals surface area contributed by atoms with Gasteiger partial charge in [-0.15, -0.1) is 11.3 Å². The smallest absolute Gasteiger partial charge is 0.274 e. The van der Waals surface area contributed by atoms with E-state index in [-0.39, 0.29) is 5.91 Å². The van der Waals surface area contributed by atoms with Gasteiger partial charge in [0.2, 0.25) is 0 Å². The fraction of sp³-hybridized carbons (Fsp3) is 0.667. The predicted molar refractivity (Wildman–Crippen MR) is 112 cm³/mol. The predicted octanol–water partition coefficient (Wildman–Crippen LogP) is 3.41. The van der Waals surface area contributed by atoms with E-state index in [1.807, 2.05) is 16.5 Å². The molecule has 1 aliphatic carbocycles. The largest absolute Gasteiger partial charge is 0.337 e. The number of nitrogens with zero attached hydrogens (tertiary/aromatic N) is 4. The summed E-state index contributed by atoms with van der Waals surface area (Å²) in [6.07, 6.45) is 10.5. The molecular weight excluding hydrogens is 370 g/mol. The minimum atomic E-state index is 0.147. The van der Waals surface area contributed by atoms with Crippen LogP contribution in [0.15, 0.2) is 11.6 Å². The number of fused-ring (bicyclic) bond motifs is 1. The molecule has 1 aliphatic heterocycles. The normalized spacial score (nSPS) is 20.0. The van der Waals surface area contributed by atoms with Crippen LogP contribution in [0, 0.1) is 0 Å². The van der Waals surface area contributed by atoms with Crippen LogP contribution in [0.4, 0.5) is 0 Å². The van der Waals surface area contributed by atoms with E-state index < -0.39 is 0 Å². The van der Waals surface area contributed by atoms with Crippen LogP contribution in [0.2, 0.25) is 0 Å². The molecule has 4 rings (SSSR count). The molecule has 0 radical (unpaired) electrons. The van der Waals surface area contributed by atoms with Crippen molar-refractivity contribution in [2.24, 2.45) is 0 Å². The Hall–Kier alpha value is -1.73. The number of aromatic nitrogens is 3. The van der Waals surface area contributed by atoms with Gasteiger partial charge in [-0.05, 0) is 38.5 Å². The molecule has 1 atom stereocenters. The molecule has 2 aromatic rings. The van der Waals surface area contributed by atoms with E-state index in [1.165, 1.54) is 24.1 Å². The Balaban J connectivity index is 1.53. The van der Waals surface area contributed by atoms with Gasteiger partial charge in [-0.25, -0.2) is 4.98 Å². The summed E-state index contributed by atoms with van der Waals surface area (Å²) in [5.74, 6) is 0.147. The van der Waals surface area contributed by atoms with Gasteiger partial charge in [0.15, 0.2) is 5.69 Å². The zero-order valence-corrected chi connectivity index (χ0v) is 17.6. The van der Waals surface area contributed by atoms with E-state index >= 15 is 0 Å². The van der Waals surface area contributed by atoms with Crippen molar-refractivity contribution < 1.29 is 4.79 Å². The van der Waals surface area contributed by atoms with Gasteiger partial charge in [-0.3, -0.25) is 9.48 Å². The molecule has 28 heavy (non-hydrogen) atoms. The Morgan fingerprint density at radius 2 is 2.11 bits per heavy atom. The number of hydrogen-bond acceptors (Lipinski definition) is 5. The lowest BCUT2D eigenvalue weighted by atomic mass is 9.91. The first-order valence-corrected chi connectivity index (χ1v) is 11.6. The van der Waals surface area contributed by atoms with E-state index in [2.05, 4.69) is 21.9 Å². The van der Waals surface area contributed by atoms with Crippen LogP contribution in [0.5, 0.6) is 0 Å². The van der Waals surface area contributed by atoms with Gasteiger partial charge in [0.05, 0.1) is 0 Å². The molecule has 0 bridgehead atoms. The summed E-state index contributed by atoms with van der Waals surface area (Å²) in [7, 11) is 0. The summed E-state index contributed by atoms with van der Waals surface area (Å²) in [6, 6.07) is 0.381. The first kappa shape index (κ1) is 19.6. The maximum Gasteiger partial charge on any atom is 0.274 e. The standard InChI is InChI=1S/C21H31N5OS/c1-2-10-26-18-8-7-16(23-15-19-22-9-13-28-19)14-17(18)20(24-26)21(27)25-11-5-3-4-6-12-25/h9,13,16,23H,2-8,10-12,14-15H2,1H3. The molecule has 1 unspecified atom stereocenters. The van der Waals surface area contributed by atoms with Crippen LogP contribution < -0.4 is 5.32 Å². The van der Waals surface area contributed by atoms with Crippen LogP contribution in [-0.2, 0) is 25.9 Å². The molecule has 2 aromatic heterocycles. The molecule has 1 amide bonds. The van der Waals surface area contributed by atoms with Crippen LogP contribution in [0.1, 0.15) is 72.2 Å². The number of hydrogen-bond donors (Lipinski definition) is 1. The van der Waals surface area contributed by atoms with E-state index in [9.17, 15) is 4.79 Å². The molecule has 0 saturated carbocycles. The third-order valence-corrected chi connectivity index (χ3v) is 6.68. The van der Waals surface area contributed by atoms with E-state index in [1.54, 1.807) is 11.3 Å². The molecule has 1 fully saturated rings. The van der Waals surface area contributed by atoms with Gasteiger partial charge < -0.3 is 10.2 Å². The second-order valence-electron chi connectivity index (χ2n) is 7.95. The highest BCUT2D eigenvalue weighted by molar-refractivity contribution is 7.09. The summed E-state index contributed by atoms with van der Waals surface area (Å²) in [5.41, 5.74) is 3.18. The van der Waals surface area contributed by atoms with Crippen molar-refractivity contribution in [2.45, 2.75) is 77.4 Å². The summed E-state index contributed by atoms with van der Waals surface area (Å²) >= 11 is 1.69. The molecule has 0 aromatic carbocycles. The average molecular weight is 402 g/mol. The second-order valence-corrected chi connectivity index (χ2v) is 8.93. The van der Waals surface area contributed by atoms with Crippen LogP contribution >= 0.6 is 11.3 Å². The lowest BCUT2D eigenvalue weighted by Gasteiger charge is -2.25. The van der Waals surface area contributed by atoms with Crippen molar-refractivity contribution in [3.63, 3.8) is 0 Å². The van der Waals surface area contributed by atoms with Crippen molar-refractivity contribution in [1.29, 1.82) is 0 Å². The number of thiazole rings is 1. The summed E-state index contributed by atoms with van der Waals surface area (Å²) in [4.78, 5) is 19.7. The van der Waals surface area contributed by atoms with Crippen molar-refractivity contribution in [3.8, 4) is 0 Å². The van der Waals surface area contributed by atoms with Crippen molar-refractivity contribution >= 4 is 17.2 Å². The lowest BCUT2D eigenvalue weighted by Crippen LogP contribution is -2.36. The third kappa shape index (κ3) is 4.30. The van der Waals surface area contributed by atoms with E-state index in [4.69, 9.17) is 5.10 Å². The highest BCUT2D eigenvalue weighted by Gasteiger charge is 2.31. The quantitative estimate of drug-likeness (QED) is 0.806. The first-order valence-electron chi connectivity index (χ1n) is 10.8. The number of likely N-dealkylation sites (tertiary alicyclic amines) is 1. The number of carbonyl (C=O) groups is 1. The first-order chi connectivity index (χ1) is 13.8. The summed E-state index contributed by atoms with van der Waals surface area (Å²) in [5, 5.41) is 11.6. The minimum absolute atomic E-state index is 0.147. The molecule has 7 heteroatoms. The second kappa shape index (κ2) is 9.18. The van der Waals surface area contributed by atoms with Gasteiger partial charge in [-0.2, -0.15) is 5.10 Å². The number of amides is 1. The number of rotatable bonds is 6. The molecular formula is C21H31N5OS. The monoisotopic (exact) mass is 401 g/mol. The SMILES string of the molecule is CCCn1nc(C(=O)N2CCCCCC2)c2c1CCC(NCc1nccs1)C2. The molecule has 1 saturated heterocycles.